The van der Waals surface area contributed by atoms with Gasteiger partial charge in [-0.1, -0.05) is 12.1 Å². The summed E-state index contributed by atoms with van der Waals surface area (Å²) in [5, 5.41) is 24.9. The minimum atomic E-state index is -1.31. The predicted octanol–water partition coefficient (Wildman–Crippen LogP) is 4.36. The molecule has 0 bridgehead atoms. The van der Waals surface area contributed by atoms with Crippen molar-refractivity contribution < 1.29 is 9.50 Å². The van der Waals surface area contributed by atoms with Crippen LogP contribution in [0.15, 0.2) is 42.5 Å². The fraction of sp³-hybridized carbons (Fsp3) is 0.200. The Bertz CT molecular complexity index is 1020. The number of nitrogens with zero attached hydrogens (tertiary/aromatic N) is 3. The van der Waals surface area contributed by atoms with E-state index in [4.69, 9.17) is 5.26 Å². The highest BCUT2D eigenvalue weighted by Gasteiger charge is 2.32. The third-order valence-corrected chi connectivity index (χ3v) is 5.39. The van der Waals surface area contributed by atoms with E-state index in [1.165, 1.54) is 12.1 Å². The predicted molar refractivity (Wildman–Crippen MR) is 106 cm³/mol. The average molecular weight is 461 g/mol. The topological polar surface area (TPSA) is 61.8 Å². The minimum absolute atomic E-state index is 0.346. The molecule has 1 unspecified atom stereocenters. The summed E-state index contributed by atoms with van der Waals surface area (Å²) in [5.74, 6) is -0.346. The maximum atomic E-state index is 13.2. The van der Waals surface area contributed by atoms with Crippen LogP contribution in [0.2, 0.25) is 0 Å². The van der Waals surface area contributed by atoms with Gasteiger partial charge < -0.3 is 5.11 Å². The van der Waals surface area contributed by atoms with Crippen molar-refractivity contribution in [1.82, 2.24) is 9.78 Å². The van der Waals surface area contributed by atoms with Gasteiger partial charge >= 0.3 is 0 Å². The van der Waals surface area contributed by atoms with Crippen LogP contribution < -0.4 is 0 Å². The highest BCUT2D eigenvalue weighted by atomic mass is 127. The first kappa shape index (κ1) is 18.5. The Labute approximate surface area is 165 Å². The lowest BCUT2D eigenvalue weighted by Gasteiger charge is -2.25. The molecular formula is C20H17FIN3O. The summed E-state index contributed by atoms with van der Waals surface area (Å²) in [5.41, 5.74) is 2.88. The fourth-order valence-electron chi connectivity index (χ4n) is 3.24. The molecule has 0 spiro atoms. The van der Waals surface area contributed by atoms with Crippen molar-refractivity contribution in [2.24, 2.45) is 0 Å². The van der Waals surface area contributed by atoms with E-state index >= 15 is 0 Å². The van der Waals surface area contributed by atoms with Crippen LogP contribution in [-0.4, -0.2) is 14.9 Å². The number of halogens is 2. The van der Waals surface area contributed by atoms with E-state index in [0.29, 0.717) is 22.4 Å². The zero-order valence-electron chi connectivity index (χ0n) is 14.6. The van der Waals surface area contributed by atoms with Crippen molar-refractivity contribution in [3.63, 3.8) is 0 Å². The first-order chi connectivity index (χ1) is 12.3. The van der Waals surface area contributed by atoms with E-state index in [1.54, 1.807) is 29.8 Å². The minimum Gasteiger partial charge on any atom is -0.381 e. The molecule has 1 aromatic heterocycles. The average Bonchev–Trinajstić information content (AvgIpc) is 2.90. The van der Waals surface area contributed by atoms with Crippen LogP contribution in [0.5, 0.6) is 0 Å². The van der Waals surface area contributed by atoms with Gasteiger partial charge in [-0.25, -0.2) is 9.07 Å². The van der Waals surface area contributed by atoms with Crippen molar-refractivity contribution in [3.05, 3.63) is 79.9 Å². The number of nitriles is 1. The summed E-state index contributed by atoms with van der Waals surface area (Å²) in [6, 6.07) is 13.4. The molecule has 1 atom stereocenters. The molecular weight excluding hydrogens is 444 g/mol. The van der Waals surface area contributed by atoms with Gasteiger partial charge in [0, 0.05) is 14.8 Å². The van der Waals surface area contributed by atoms with Gasteiger partial charge in [0.2, 0.25) is 0 Å². The van der Waals surface area contributed by atoms with Crippen LogP contribution >= 0.6 is 22.6 Å². The van der Waals surface area contributed by atoms with Crippen LogP contribution in [0.25, 0.3) is 5.69 Å². The second-order valence-corrected chi connectivity index (χ2v) is 7.47. The van der Waals surface area contributed by atoms with E-state index in [1.807, 2.05) is 26.0 Å². The molecule has 0 radical (unpaired) electrons. The summed E-state index contributed by atoms with van der Waals surface area (Å²) < 4.78 is 15.8. The lowest BCUT2D eigenvalue weighted by Crippen LogP contribution is -2.24. The number of aliphatic hydroxyl groups is 1. The van der Waals surface area contributed by atoms with Crippen LogP contribution in [0, 0.1) is 34.6 Å². The Morgan fingerprint density at radius 2 is 1.85 bits per heavy atom. The summed E-state index contributed by atoms with van der Waals surface area (Å²) in [7, 11) is 0. The summed E-state index contributed by atoms with van der Waals surface area (Å²) in [6.07, 6.45) is 0. The number of aromatic nitrogens is 2. The maximum Gasteiger partial charge on any atom is 0.123 e. The van der Waals surface area contributed by atoms with Gasteiger partial charge in [-0.15, -0.1) is 0 Å². The van der Waals surface area contributed by atoms with Crippen molar-refractivity contribution in [3.8, 4) is 11.8 Å². The molecule has 1 heterocycles. The Morgan fingerprint density at radius 1 is 1.19 bits per heavy atom. The zero-order chi connectivity index (χ0) is 19.1. The number of rotatable bonds is 3. The smallest absolute Gasteiger partial charge is 0.123 e. The summed E-state index contributed by atoms with van der Waals surface area (Å²) in [4.78, 5) is 0. The zero-order valence-corrected chi connectivity index (χ0v) is 16.7. The largest absolute Gasteiger partial charge is 0.381 e. The molecule has 3 aromatic rings. The highest BCUT2D eigenvalue weighted by Crippen LogP contribution is 2.34. The van der Waals surface area contributed by atoms with Gasteiger partial charge in [0.1, 0.15) is 17.5 Å². The first-order valence-electron chi connectivity index (χ1n) is 8.01. The molecule has 0 amide bonds. The quantitative estimate of drug-likeness (QED) is 0.590. The molecule has 132 valence electrons. The number of benzene rings is 2. The molecule has 0 aliphatic carbocycles. The molecule has 1 N–H and O–H groups in total. The second kappa shape index (κ2) is 6.82. The van der Waals surface area contributed by atoms with Crippen LogP contribution in [-0.2, 0) is 5.60 Å². The molecule has 6 heteroatoms. The molecule has 4 nitrogen and oxygen atoms in total. The highest BCUT2D eigenvalue weighted by molar-refractivity contribution is 14.1. The third kappa shape index (κ3) is 3.13. The molecule has 0 aliphatic rings. The summed E-state index contributed by atoms with van der Waals surface area (Å²) >= 11 is 2.12. The van der Waals surface area contributed by atoms with Gasteiger partial charge in [-0.2, -0.15) is 10.4 Å². The Balaban J connectivity index is 2.13. The lowest BCUT2D eigenvalue weighted by molar-refractivity contribution is 0.101. The van der Waals surface area contributed by atoms with Gasteiger partial charge in [-0.05, 0) is 79.3 Å². The molecule has 3 rings (SSSR count). The van der Waals surface area contributed by atoms with Crippen LogP contribution in [0.3, 0.4) is 0 Å². The standard InChI is InChI=1S/C20H17FIN3O/c1-12-19(20(3,26)15-5-7-16(21)8-6-15)13(2)25(24-12)17-9-4-14(11-23)18(22)10-17/h4-10,26H,1-3H3. The van der Waals surface area contributed by atoms with Crippen molar-refractivity contribution in [1.29, 1.82) is 5.26 Å². The van der Waals surface area contributed by atoms with Crippen molar-refractivity contribution >= 4 is 22.6 Å². The van der Waals surface area contributed by atoms with Gasteiger partial charge in [-0.3, -0.25) is 0 Å². The molecule has 2 aromatic carbocycles. The van der Waals surface area contributed by atoms with Crippen LogP contribution in [0.4, 0.5) is 4.39 Å². The van der Waals surface area contributed by atoms with Crippen LogP contribution in [0.1, 0.15) is 35.0 Å². The monoisotopic (exact) mass is 461 g/mol. The van der Waals surface area contributed by atoms with E-state index in [0.717, 1.165) is 15.0 Å². The van der Waals surface area contributed by atoms with Crippen molar-refractivity contribution in [2.75, 3.05) is 0 Å². The Kier molecular flexibility index (Phi) is 4.86. The van der Waals surface area contributed by atoms with E-state index < -0.39 is 5.60 Å². The normalized spacial score (nSPS) is 13.3. The van der Waals surface area contributed by atoms with Gasteiger partial charge in [0.25, 0.3) is 0 Å². The molecule has 26 heavy (non-hydrogen) atoms. The number of hydrogen-bond acceptors (Lipinski definition) is 3. The maximum absolute atomic E-state index is 13.2. The van der Waals surface area contributed by atoms with Crippen molar-refractivity contribution in [2.45, 2.75) is 26.4 Å². The summed E-state index contributed by atoms with van der Waals surface area (Å²) in [6.45, 7) is 5.41. The number of aryl methyl sites for hydroxylation is 1. The third-order valence-electron chi connectivity index (χ3n) is 4.50. The fourth-order valence-corrected chi connectivity index (χ4v) is 3.86. The molecule has 0 saturated heterocycles. The molecule has 0 fully saturated rings. The lowest BCUT2D eigenvalue weighted by atomic mass is 9.87. The molecule has 0 saturated carbocycles. The van der Waals surface area contributed by atoms with Gasteiger partial charge in [0.05, 0.1) is 16.9 Å². The Morgan fingerprint density at radius 3 is 2.42 bits per heavy atom. The van der Waals surface area contributed by atoms with E-state index in [9.17, 15) is 9.50 Å². The first-order valence-corrected chi connectivity index (χ1v) is 9.08. The number of hydrogen-bond donors (Lipinski definition) is 1. The SMILES string of the molecule is Cc1nn(-c2ccc(C#N)c(I)c2)c(C)c1C(C)(O)c1ccc(F)cc1. The van der Waals surface area contributed by atoms with E-state index in [2.05, 4.69) is 33.8 Å². The second-order valence-electron chi connectivity index (χ2n) is 6.31. The molecule has 0 aliphatic heterocycles. The Hall–Kier alpha value is -2.24. The van der Waals surface area contributed by atoms with Gasteiger partial charge in [0.15, 0.2) is 0 Å². The van der Waals surface area contributed by atoms with E-state index in [-0.39, 0.29) is 5.82 Å².